The predicted octanol–water partition coefficient (Wildman–Crippen LogP) is 0.896. The van der Waals surface area contributed by atoms with Gasteiger partial charge in [0.05, 0.1) is 64.2 Å². The van der Waals surface area contributed by atoms with Crippen molar-refractivity contribution >= 4 is 18.5 Å². The number of ether oxygens (including phenoxy) is 4. The van der Waals surface area contributed by atoms with E-state index in [0.29, 0.717) is 59.4 Å². The van der Waals surface area contributed by atoms with E-state index in [0.717, 1.165) is 0 Å². The first-order valence-corrected chi connectivity index (χ1v) is 8.85. The van der Waals surface area contributed by atoms with Gasteiger partial charge in [0.15, 0.2) is 0 Å². The minimum atomic E-state index is -0.674. The van der Waals surface area contributed by atoms with Gasteiger partial charge in [-0.2, -0.15) is 12.6 Å². The lowest BCUT2D eigenvalue weighted by Gasteiger charge is -2.16. The molecule has 0 bridgehead atoms. The molecule has 0 unspecified atom stereocenters. The summed E-state index contributed by atoms with van der Waals surface area (Å²) in [6.07, 6.45) is 0. The predicted molar refractivity (Wildman–Crippen MR) is 97.8 cm³/mol. The van der Waals surface area contributed by atoms with Gasteiger partial charge >= 0.3 is 0 Å². The van der Waals surface area contributed by atoms with Crippen LogP contribution in [0.25, 0.3) is 0 Å². The molecule has 0 fully saturated rings. The highest BCUT2D eigenvalue weighted by molar-refractivity contribution is 7.82. The van der Waals surface area contributed by atoms with E-state index in [1.165, 1.54) is 0 Å². The van der Waals surface area contributed by atoms with Gasteiger partial charge in [0.25, 0.3) is 0 Å². The summed E-state index contributed by atoms with van der Waals surface area (Å²) in [5, 5.41) is 11.2. The fraction of sp³-hybridized carbons (Fsp3) is 0.938. The van der Waals surface area contributed by atoms with Crippen LogP contribution >= 0.6 is 12.6 Å². The zero-order chi connectivity index (χ0) is 18.7. The van der Waals surface area contributed by atoms with Gasteiger partial charge in [0, 0.05) is 6.54 Å². The van der Waals surface area contributed by atoms with Gasteiger partial charge < -0.3 is 29.4 Å². The van der Waals surface area contributed by atoms with E-state index in [9.17, 15) is 4.79 Å². The maximum Gasteiger partial charge on any atom is 0.235 e. The van der Waals surface area contributed by atoms with Crippen molar-refractivity contribution in [2.45, 2.75) is 32.4 Å². The Labute approximate surface area is 151 Å². The molecule has 0 atom stereocenters. The summed E-state index contributed by atoms with van der Waals surface area (Å²) < 4.78 is 20.2. The third-order valence-electron chi connectivity index (χ3n) is 2.44. The van der Waals surface area contributed by atoms with E-state index in [1.54, 1.807) is 13.8 Å². The average Bonchev–Trinajstić information content (AvgIpc) is 2.56. The summed E-state index contributed by atoms with van der Waals surface area (Å²) in [4.78, 5) is 11.5. The van der Waals surface area contributed by atoms with E-state index in [4.69, 9.17) is 24.1 Å². The Kier molecular flexibility index (Phi) is 20.4. The van der Waals surface area contributed by atoms with Crippen LogP contribution in [0.2, 0.25) is 0 Å². The van der Waals surface area contributed by atoms with Gasteiger partial charge in [-0.05, 0) is 13.8 Å². The highest BCUT2D eigenvalue weighted by Gasteiger charge is 2.21. The van der Waals surface area contributed by atoms with Gasteiger partial charge in [0.2, 0.25) is 5.91 Å². The van der Waals surface area contributed by atoms with Crippen LogP contribution in [-0.2, 0) is 23.7 Å². The van der Waals surface area contributed by atoms with Crippen LogP contribution in [0.5, 0.6) is 0 Å². The summed E-state index contributed by atoms with van der Waals surface area (Å²) in [5.74, 6) is -0.115. The molecule has 146 valence electrons. The molecule has 8 heteroatoms. The third kappa shape index (κ3) is 19.7. The summed E-state index contributed by atoms with van der Waals surface area (Å²) in [5.41, 5.74) is 0. The Morgan fingerprint density at radius 2 is 1.25 bits per heavy atom. The van der Waals surface area contributed by atoms with Gasteiger partial charge in [-0.15, -0.1) is 0 Å². The summed E-state index contributed by atoms with van der Waals surface area (Å²) >= 11 is 4.17. The number of nitrogens with one attached hydrogen (secondary N) is 1. The Hall–Kier alpha value is -0.380. The molecular formula is C16H35NO6S. The Balaban J connectivity index is 0. The minimum Gasteiger partial charge on any atom is -0.394 e. The normalized spacial score (nSPS) is 10.9. The van der Waals surface area contributed by atoms with Gasteiger partial charge in [-0.25, -0.2) is 0 Å². The third-order valence-corrected chi connectivity index (χ3v) is 2.64. The lowest BCUT2D eigenvalue weighted by molar-refractivity contribution is -0.122. The molecule has 0 aromatic carbocycles. The van der Waals surface area contributed by atoms with E-state index in [1.807, 2.05) is 13.8 Å². The molecule has 0 aliphatic heterocycles. The number of thiol groups is 1. The topological polar surface area (TPSA) is 86.3 Å². The molecule has 0 saturated heterocycles. The maximum atomic E-state index is 11.5. The van der Waals surface area contributed by atoms with Crippen molar-refractivity contribution in [3.8, 4) is 0 Å². The van der Waals surface area contributed by atoms with Crippen molar-refractivity contribution in [2.75, 3.05) is 66.0 Å². The molecule has 0 rings (SSSR count). The van der Waals surface area contributed by atoms with Crippen molar-refractivity contribution < 1.29 is 28.8 Å². The Bertz CT molecular complexity index is 274. The van der Waals surface area contributed by atoms with Crippen molar-refractivity contribution in [3.63, 3.8) is 0 Å². The molecule has 1 amide bonds. The standard InChI is InChI=1S/C14H29NO6S.C2H6/c1-14(2,22)13(17)15-3-5-18-7-9-20-11-12-21-10-8-19-6-4-16;1-2/h16,22H,3-12H2,1-2H3,(H,15,17);1-2H3. The monoisotopic (exact) mass is 369 g/mol. The van der Waals surface area contributed by atoms with Gasteiger partial charge in [-0.1, -0.05) is 13.8 Å². The number of aliphatic hydroxyl groups excluding tert-OH is 1. The van der Waals surface area contributed by atoms with E-state index in [2.05, 4.69) is 17.9 Å². The zero-order valence-electron chi connectivity index (χ0n) is 15.5. The van der Waals surface area contributed by atoms with Crippen LogP contribution in [0, 0.1) is 0 Å². The van der Waals surface area contributed by atoms with Crippen molar-refractivity contribution in [1.82, 2.24) is 5.32 Å². The second kappa shape index (κ2) is 19.0. The Morgan fingerprint density at radius 3 is 1.62 bits per heavy atom. The summed E-state index contributed by atoms with van der Waals surface area (Å²) in [6, 6.07) is 0. The van der Waals surface area contributed by atoms with Crippen LogP contribution in [0.15, 0.2) is 0 Å². The number of hydrogen-bond acceptors (Lipinski definition) is 7. The fourth-order valence-electron chi connectivity index (χ4n) is 1.28. The molecule has 0 saturated carbocycles. The molecule has 7 nitrogen and oxygen atoms in total. The maximum absolute atomic E-state index is 11.5. The van der Waals surface area contributed by atoms with Crippen LogP contribution in [0.1, 0.15) is 27.7 Å². The molecule has 24 heavy (non-hydrogen) atoms. The largest absolute Gasteiger partial charge is 0.394 e. The molecule has 0 aromatic rings. The molecule has 0 aliphatic rings. The van der Waals surface area contributed by atoms with Crippen LogP contribution in [-0.4, -0.2) is 81.8 Å². The second-order valence-electron chi connectivity index (χ2n) is 4.99. The van der Waals surface area contributed by atoms with E-state index in [-0.39, 0.29) is 12.5 Å². The zero-order valence-corrected chi connectivity index (χ0v) is 16.4. The smallest absolute Gasteiger partial charge is 0.235 e. The van der Waals surface area contributed by atoms with Crippen LogP contribution in [0.4, 0.5) is 0 Å². The lowest BCUT2D eigenvalue weighted by atomic mass is 10.2. The average molecular weight is 370 g/mol. The number of aliphatic hydroxyl groups is 1. The van der Waals surface area contributed by atoms with Gasteiger partial charge in [0.1, 0.15) is 0 Å². The molecular weight excluding hydrogens is 334 g/mol. The van der Waals surface area contributed by atoms with Crippen molar-refractivity contribution in [2.24, 2.45) is 0 Å². The fourth-order valence-corrected chi connectivity index (χ4v) is 1.36. The number of hydrogen-bond donors (Lipinski definition) is 3. The quantitative estimate of drug-likeness (QED) is 0.294. The van der Waals surface area contributed by atoms with E-state index < -0.39 is 4.75 Å². The van der Waals surface area contributed by atoms with Gasteiger partial charge in [-0.3, -0.25) is 4.79 Å². The second-order valence-corrected chi connectivity index (χ2v) is 6.11. The van der Waals surface area contributed by atoms with Crippen LogP contribution in [0.3, 0.4) is 0 Å². The minimum absolute atomic E-state index is 0.0270. The first-order chi connectivity index (χ1) is 11.5. The summed E-state index contributed by atoms with van der Waals surface area (Å²) in [7, 11) is 0. The first-order valence-electron chi connectivity index (χ1n) is 8.41. The molecule has 0 aromatic heterocycles. The number of carbonyl (C=O) groups is 1. The van der Waals surface area contributed by atoms with Crippen LogP contribution < -0.4 is 5.32 Å². The molecule has 0 aliphatic carbocycles. The van der Waals surface area contributed by atoms with E-state index >= 15 is 0 Å². The highest BCUT2D eigenvalue weighted by Crippen LogP contribution is 2.10. The summed E-state index contributed by atoms with van der Waals surface area (Å²) in [6.45, 7) is 11.6. The highest BCUT2D eigenvalue weighted by atomic mass is 32.1. The number of rotatable bonds is 15. The molecule has 0 spiro atoms. The SMILES string of the molecule is CC.CC(C)(S)C(=O)NCCOCCOCCOCCOCCO. The number of carbonyl (C=O) groups excluding carboxylic acids is 1. The van der Waals surface area contributed by atoms with Crippen molar-refractivity contribution in [3.05, 3.63) is 0 Å². The van der Waals surface area contributed by atoms with Crippen molar-refractivity contribution in [1.29, 1.82) is 0 Å². The molecule has 2 N–H and O–H groups in total. The lowest BCUT2D eigenvalue weighted by Crippen LogP contribution is -2.39. The number of amides is 1. The first kappa shape index (κ1) is 25.9. The molecule has 0 heterocycles. The Morgan fingerprint density at radius 1 is 0.875 bits per heavy atom. The molecule has 0 radical (unpaired) electrons.